The van der Waals surface area contributed by atoms with Crippen LogP contribution in [0.3, 0.4) is 0 Å². The Bertz CT molecular complexity index is 509. The molecule has 0 spiro atoms. The molecular formula is C11H18N6O3. The lowest BCUT2D eigenvalue weighted by molar-refractivity contribution is -0.385. The molecule has 0 amide bonds. The second kappa shape index (κ2) is 5.97. The second-order valence-electron chi connectivity index (χ2n) is 4.83. The fourth-order valence-electron chi connectivity index (χ4n) is 2.41. The summed E-state index contributed by atoms with van der Waals surface area (Å²) in [5.74, 6) is 5.43. The predicted molar refractivity (Wildman–Crippen MR) is 73.1 cm³/mol. The Morgan fingerprint density at radius 1 is 1.40 bits per heavy atom. The Hall–Kier alpha value is -2.00. The lowest BCUT2D eigenvalue weighted by Crippen LogP contribution is -2.37. The van der Waals surface area contributed by atoms with Crippen molar-refractivity contribution in [3.63, 3.8) is 0 Å². The Labute approximate surface area is 115 Å². The third kappa shape index (κ3) is 2.94. The third-order valence-electron chi connectivity index (χ3n) is 3.42. The lowest BCUT2D eigenvalue weighted by Gasteiger charge is -2.28. The van der Waals surface area contributed by atoms with Crippen molar-refractivity contribution < 1.29 is 10.0 Å². The summed E-state index contributed by atoms with van der Waals surface area (Å²) in [6.07, 6.45) is 2.81. The first-order valence-corrected chi connectivity index (χ1v) is 6.47. The zero-order valence-electron chi connectivity index (χ0n) is 11.2. The van der Waals surface area contributed by atoms with Gasteiger partial charge in [-0.3, -0.25) is 15.5 Å². The van der Waals surface area contributed by atoms with E-state index in [-0.39, 0.29) is 29.2 Å². The zero-order chi connectivity index (χ0) is 14.7. The van der Waals surface area contributed by atoms with Crippen LogP contribution in [0.15, 0.2) is 0 Å². The number of aromatic nitrogens is 2. The molecule has 2 rings (SSSR count). The van der Waals surface area contributed by atoms with Gasteiger partial charge in [0.05, 0.1) is 17.1 Å². The van der Waals surface area contributed by atoms with Gasteiger partial charge in [0.2, 0.25) is 11.8 Å². The first-order chi connectivity index (χ1) is 9.52. The van der Waals surface area contributed by atoms with Crippen LogP contribution in [0.1, 0.15) is 31.4 Å². The minimum absolute atomic E-state index is 0.0846. The fraction of sp³-hybridized carbons (Fsp3) is 0.636. The van der Waals surface area contributed by atoms with Gasteiger partial charge in [0, 0.05) is 0 Å². The number of hydrogen-bond acceptors (Lipinski definition) is 8. The first kappa shape index (κ1) is 14.4. The summed E-state index contributed by atoms with van der Waals surface area (Å²) in [6.45, 7) is 1.52. The molecular weight excluding hydrogens is 264 g/mol. The van der Waals surface area contributed by atoms with E-state index in [1.807, 2.05) is 0 Å². The van der Waals surface area contributed by atoms with Gasteiger partial charge in [-0.25, -0.2) is 10.8 Å². The quantitative estimate of drug-likeness (QED) is 0.359. The molecule has 1 fully saturated rings. The van der Waals surface area contributed by atoms with Crippen LogP contribution in [-0.4, -0.2) is 32.1 Å². The van der Waals surface area contributed by atoms with Crippen molar-refractivity contribution in [2.24, 2.45) is 5.84 Å². The van der Waals surface area contributed by atoms with Gasteiger partial charge >= 0.3 is 5.69 Å². The molecule has 1 saturated carbocycles. The summed E-state index contributed by atoms with van der Waals surface area (Å²) in [4.78, 5) is 18.5. The number of aliphatic hydroxyl groups excluding tert-OH is 1. The molecule has 9 heteroatoms. The van der Waals surface area contributed by atoms with E-state index in [1.54, 1.807) is 0 Å². The van der Waals surface area contributed by atoms with Crippen LogP contribution >= 0.6 is 0 Å². The van der Waals surface area contributed by atoms with Gasteiger partial charge < -0.3 is 10.4 Å². The van der Waals surface area contributed by atoms with Gasteiger partial charge in [0.15, 0.2) is 0 Å². The number of hydrogen-bond donors (Lipinski definition) is 4. The molecule has 1 aliphatic carbocycles. The summed E-state index contributed by atoms with van der Waals surface area (Å²) in [5.41, 5.74) is 2.30. The summed E-state index contributed by atoms with van der Waals surface area (Å²) >= 11 is 0. The monoisotopic (exact) mass is 282 g/mol. The Morgan fingerprint density at radius 3 is 2.70 bits per heavy atom. The molecule has 0 aromatic carbocycles. The van der Waals surface area contributed by atoms with Crippen molar-refractivity contribution >= 4 is 17.5 Å². The zero-order valence-corrected chi connectivity index (χ0v) is 11.2. The van der Waals surface area contributed by atoms with Crippen molar-refractivity contribution in [3.8, 4) is 0 Å². The van der Waals surface area contributed by atoms with Crippen LogP contribution in [0, 0.1) is 17.0 Å². The normalized spacial score (nSPS) is 22.4. The van der Waals surface area contributed by atoms with E-state index in [9.17, 15) is 15.2 Å². The van der Waals surface area contributed by atoms with Crippen LogP contribution in [0.4, 0.5) is 17.5 Å². The van der Waals surface area contributed by atoms with E-state index < -0.39 is 11.0 Å². The van der Waals surface area contributed by atoms with Crippen LogP contribution < -0.4 is 16.6 Å². The number of aryl methyl sites for hydroxylation is 1. The number of nitrogens with two attached hydrogens (primary N) is 1. The molecule has 0 bridgehead atoms. The number of aliphatic hydroxyl groups is 1. The molecule has 2 atom stereocenters. The van der Waals surface area contributed by atoms with E-state index in [0.717, 1.165) is 19.3 Å². The highest BCUT2D eigenvalue weighted by molar-refractivity contribution is 5.61. The number of nitrogens with one attached hydrogen (secondary N) is 2. The maximum Gasteiger partial charge on any atom is 0.332 e. The molecule has 1 aliphatic rings. The molecule has 1 aromatic heterocycles. The number of nitrogen functional groups attached to an aromatic ring is 1. The van der Waals surface area contributed by atoms with E-state index >= 15 is 0 Å². The highest BCUT2D eigenvalue weighted by Gasteiger charge is 2.28. The minimum atomic E-state index is -0.535. The molecule has 20 heavy (non-hydrogen) atoms. The Kier molecular flexibility index (Phi) is 4.30. The fourth-order valence-corrected chi connectivity index (χ4v) is 2.41. The SMILES string of the molecule is Cc1nc(NN)nc(NC2CCCCC2O)c1[N+](=O)[O-]. The van der Waals surface area contributed by atoms with E-state index in [0.29, 0.717) is 6.42 Å². The molecule has 0 saturated heterocycles. The van der Waals surface area contributed by atoms with Crippen molar-refractivity contribution in [3.05, 3.63) is 15.8 Å². The molecule has 0 radical (unpaired) electrons. The van der Waals surface area contributed by atoms with Gasteiger partial charge in [-0.1, -0.05) is 12.8 Å². The number of anilines is 2. The predicted octanol–water partition coefficient (Wildman–Crippen LogP) is 0.694. The number of nitro groups is 1. The molecule has 2 unspecified atom stereocenters. The highest BCUT2D eigenvalue weighted by atomic mass is 16.6. The van der Waals surface area contributed by atoms with Gasteiger partial charge in [0.25, 0.3) is 0 Å². The Morgan fingerprint density at radius 2 is 2.10 bits per heavy atom. The summed E-state index contributed by atoms with van der Waals surface area (Å²) in [6, 6.07) is -0.248. The largest absolute Gasteiger partial charge is 0.391 e. The van der Waals surface area contributed by atoms with Gasteiger partial charge in [-0.15, -0.1) is 0 Å². The van der Waals surface area contributed by atoms with Crippen molar-refractivity contribution in [2.45, 2.75) is 44.8 Å². The summed E-state index contributed by atoms with van der Waals surface area (Å²) in [5, 5.41) is 24.0. The lowest BCUT2D eigenvalue weighted by atomic mass is 9.92. The molecule has 1 heterocycles. The van der Waals surface area contributed by atoms with E-state index in [2.05, 4.69) is 20.7 Å². The van der Waals surface area contributed by atoms with Crippen LogP contribution in [0.25, 0.3) is 0 Å². The van der Waals surface area contributed by atoms with E-state index in [1.165, 1.54) is 6.92 Å². The summed E-state index contributed by atoms with van der Waals surface area (Å²) in [7, 11) is 0. The average Bonchev–Trinajstić information content (AvgIpc) is 2.40. The molecule has 5 N–H and O–H groups in total. The smallest absolute Gasteiger partial charge is 0.332 e. The molecule has 1 aromatic rings. The van der Waals surface area contributed by atoms with Crippen molar-refractivity contribution in [1.82, 2.24) is 9.97 Å². The van der Waals surface area contributed by atoms with Crippen molar-refractivity contribution in [2.75, 3.05) is 10.7 Å². The topological polar surface area (TPSA) is 139 Å². The highest BCUT2D eigenvalue weighted by Crippen LogP contribution is 2.29. The maximum atomic E-state index is 11.1. The summed E-state index contributed by atoms with van der Waals surface area (Å²) < 4.78 is 0. The van der Waals surface area contributed by atoms with Gasteiger partial charge in [-0.05, 0) is 19.8 Å². The minimum Gasteiger partial charge on any atom is -0.391 e. The van der Waals surface area contributed by atoms with Crippen LogP contribution in [-0.2, 0) is 0 Å². The number of hydrazine groups is 1. The van der Waals surface area contributed by atoms with Gasteiger partial charge in [0.1, 0.15) is 5.69 Å². The molecule has 110 valence electrons. The number of rotatable bonds is 4. The average molecular weight is 282 g/mol. The number of nitrogens with zero attached hydrogens (tertiary/aromatic N) is 3. The van der Waals surface area contributed by atoms with Crippen molar-refractivity contribution in [1.29, 1.82) is 0 Å². The Balaban J connectivity index is 2.33. The van der Waals surface area contributed by atoms with Crippen LogP contribution in [0.2, 0.25) is 0 Å². The second-order valence-corrected chi connectivity index (χ2v) is 4.83. The first-order valence-electron chi connectivity index (χ1n) is 6.47. The molecule has 9 nitrogen and oxygen atoms in total. The van der Waals surface area contributed by atoms with E-state index in [4.69, 9.17) is 5.84 Å². The maximum absolute atomic E-state index is 11.1. The molecule has 0 aliphatic heterocycles. The van der Waals surface area contributed by atoms with Crippen LogP contribution in [0.5, 0.6) is 0 Å². The standard InChI is InChI=1S/C11H18N6O3/c1-6-9(17(19)20)10(15-11(13-6)16-12)14-7-4-2-3-5-8(7)18/h7-8,18H,2-5,12H2,1H3,(H2,13,14,15,16). The van der Waals surface area contributed by atoms with Gasteiger partial charge in [-0.2, -0.15) is 4.98 Å². The third-order valence-corrected chi connectivity index (χ3v) is 3.42.